The molecule has 1 aliphatic carbocycles. The Balaban J connectivity index is 1.37. The molecule has 1 atom stereocenters. The molecule has 0 radical (unpaired) electrons. The number of carbonyl (C=O) groups is 1. The van der Waals surface area contributed by atoms with Gasteiger partial charge >= 0.3 is 0 Å². The van der Waals surface area contributed by atoms with E-state index in [0.717, 1.165) is 35.1 Å². The van der Waals surface area contributed by atoms with Gasteiger partial charge in [0.15, 0.2) is 0 Å². The molecule has 2 N–H and O–H groups in total. The van der Waals surface area contributed by atoms with E-state index < -0.39 is 0 Å². The van der Waals surface area contributed by atoms with Crippen molar-refractivity contribution in [1.82, 2.24) is 0 Å². The highest BCUT2D eigenvalue weighted by atomic mass is 16.5. The lowest BCUT2D eigenvalue weighted by Gasteiger charge is -2.27. The maximum Gasteiger partial charge on any atom is 0.255 e. The molecule has 4 rings (SSSR count). The minimum atomic E-state index is -0.145. The van der Waals surface area contributed by atoms with Crippen LogP contribution in [0.2, 0.25) is 0 Å². The Morgan fingerprint density at radius 3 is 2.72 bits per heavy atom. The Morgan fingerprint density at radius 1 is 1.19 bits per heavy atom. The SMILES string of the molecule is Cc1cc(C#CC(C)(C)C)ccc1C(=O)Nc1ccc2c(c1)OCC(COCC1CC1)N2. The van der Waals surface area contributed by atoms with Crippen LogP contribution in [0.5, 0.6) is 5.75 Å². The first-order valence-corrected chi connectivity index (χ1v) is 11.3. The number of rotatable bonds is 6. The summed E-state index contributed by atoms with van der Waals surface area (Å²) < 4.78 is 11.7. The number of hydrogen-bond donors (Lipinski definition) is 2. The quantitative estimate of drug-likeness (QED) is 0.613. The molecule has 1 fully saturated rings. The predicted octanol–water partition coefficient (Wildman–Crippen LogP) is 5.24. The molecule has 2 aromatic rings. The van der Waals surface area contributed by atoms with Crippen molar-refractivity contribution >= 4 is 17.3 Å². The van der Waals surface area contributed by atoms with Gasteiger partial charge in [-0.2, -0.15) is 0 Å². The summed E-state index contributed by atoms with van der Waals surface area (Å²) in [6.07, 6.45) is 2.59. The number of carbonyl (C=O) groups excluding carboxylic acids is 1. The van der Waals surface area contributed by atoms with Crippen molar-refractivity contribution < 1.29 is 14.3 Å². The summed E-state index contributed by atoms with van der Waals surface area (Å²) in [5.74, 6) is 7.77. The fourth-order valence-corrected chi connectivity index (χ4v) is 3.50. The van der Waals surface area contributed by atoms with Gasteiger partial charge in [-0.1, -0.05) is 11.8 Å². The molecule has 168 valence electrons. The Morgan fingerprint density at radius 2 is 2.00 bits per heavy atom. The van der Waals surface area contributed by atoms with Crippen molar-refractivity contribution in [2.45, 2.75) is 46.6 Å². The van der Waals surface area contributed by atoms with Crippen LogP contribution >= 0.6 is 0 Å². The smallest absolute Gasteiger partial charge is 0.255 e. The Kier molecular flexibility index (Phi) is 6.43. The van der Waals surface area contributed by atoms with Gasteiger partial charge in [-0.3, -0.25) is 4.79 Å². The summed E-state index contributed by atoms with van der Waals surface area (Å²) in [6.45, 7) is 10.2. The highest BCUT2D eigenvalue weighted by Crippen LogP contribution is 2.33. The van der Waals surface area contributed by atoms with Crippen molar-refractivity contribution in [3.63, 3.8) is 0 Å². The molecule has 0 spiro atoms. The second-order valence-corrected chi connectivity index (χ2v) is 9.83. The molecular weight excluding hydrogens is 400 g/mol. The number of ether oxygens (including phenoxy) is 2. The number of fused-ring (bicyclic) bond motifs is 1. The number of amides is 1. The zero-order valence-electron chi connectivity index (χ0n) is 19.4. The van der Waals surface area contributed by atoms with Crippen LogP contribution in [-0.4, -0.2) is 31.8 Å². The average molecular weight is 433 g/mol. The van der Waals surface area contributed by atoms with Crippen LogP contribution in [0.3, 0.4) is 0 Å². The summed E-state index contributed by atoms with van der Waals surface area (Å²) in [7, 11) is 0. The molecule has 1 aliphatic heterocycles. The maximum absolute atomic E-state index is 12.8. The Bertz CT molecular complexity index is 1050. The third-order valence-corrected chi connectivity index (χ3v) is 5.46. The summed E-state index contributed by atoms with van der Waals surface area (Å²) in [5.41, 5.74) is 4.01. The number of benzene rings is 2. The van der Waals surface area contributed by atoms with E-state index >= 15 is 0 Å². The molecule has 0 aromatic heterocycles. The van der Waals surface area contributed by atoms with Crippen LogP contribution in [0.4, 0.5) is 11.4 Å². The Labute approximate surface area is 190 Å². The maximum atomic E-state index is 12.8. The molecule has 1 saturated carbocycles. The van der Waals surface area contributed by atoms with Crippen LogP contribution in [-0.2, 0) is 4.74 Å². The van der Waals surface area contributed by atoms with Crippen molar-refractivity contribution in [3.8, 4) is 17.6 Å². The number of nitrogens with one attached hydrogen (secondary N) is 2. The Hall–Kier alpha value is -2.97. The van der Waals surface area contributed by atoms with E-state index in [4.69, 9.17) is 9.47 Å². The minimum absolute atomic E-state index is 0.0586. The first-order chi connectivity index (χ1) is 15.3. The van der Waals surface area contributed by atoms with Gasteiger partial charge in [-0.15, -0.1) is 0 Å². The molecule has 1 heterocycles. The molecule has 0 bridgehead atoms. The van der Waals surface area contributed by atoms with E-state index in [1.54, 1.807) is 0 Å². The van der Waals surface area contributed by atoms with E-state index in [1.165, 1.54) is 12.8 Å². The molecule has 5 heteroatoms. The van der Waals surface area contributed by atoms with Crippen molar-refractivity contribution in [1.29, 1.82) is 0 Å². The van der Waals surface area contributed by atoms with Crippen LogP contribution < -0.4 is 15.4 Å². The van der Waals surface area contributed by atoms with Crippen LogP contribution in [0, 0.1) is 30.1 Å². The van der Waals surface area contributed by atoms with E-state index in [1.807, 2.05) is 43.3 Å². The number of aryl methyl sites for hydroxylation is 1. The molecule has 1 unspecified atom stereocenters. The summed E-state index contributed by atoms with van der Waals surface area (Å²) in [4.78, 5) is 12.8. The molecule has 2 aliphatic rings. The van der Waals surface area contributed by atoms with E-state index in [2.05, 4.69) is 43.2 Å². The zero-order valence-corrected chi connectivity index (χ0v) is 19.4. The van der Waals surface area contributed by atoms with E-state index in [0.29, 0.717) is 24.5 Å². The highest BCUT2D eigenvalue weighted by molar-refractivity contribution is 6.05. The molecule has 1 amide bonds. The minimum Gasteiger partial charge on any atom is -0.489 e. The number of anilines is 2. The largest absolute Gasteiger partial charge is 0.489 e. The predicted molar refractivity (Wildman–Crippen MR) is 128 cm³/mol. The fraction of sp³-hybridized carbons (Fsp3) is 0.444. The van der Waals surface area contributed by atoms with Crippen LogP contribution in [0.1, 0.15) is 55.1 Å². The first kappa shape index (κ1) is 22.2. The summed E-state index contributed by atoms with van der Waals surface area (Å²) >= 11 is 0. The van der Waals surface area contributed by atoms with Gasteiger partial charge in [-0.25, -0.2) is 0 Å². The van der Waals surface area contributed by atoms with Gasteiger partial charge in [-0.05, 0) is 82.3 Å². The third kappa shape index (κ3) is 6.05. The van der Waals surface area contributed by atoms with E-state index in [9.17, 15) is 4.79 Å². The lowest BCUT2D eigenvalue weighted by atomic mass is 9.97. The van der Waals surface area contributed by atoms with Crippen molar-refractivity contribution in [2.75, 3.05) is 30.5 Å². The summed E-state index contributed by atoms with van der Waals surface area (Å²) in [6, 6.07) is 11.5. The molecule has 0 saturated heterocycles. The van der Waals surface area contributed by atoms with Crippen LogP contribution in [0.25, 0.3) is 0 Å². The van der Waals surface area contributed by atoms with Gasteiger partial charge < -0.3 is 20.1 Å². The van der Waals surface area contributed by atoms with Crippen LogP contribution in [0.15, 0.2) is 36.4 Å². The molecular formula is C27H32N2O3. The second kappa shape index (κ2) is 9.26. The lowest BCUT2D eigenvalue weighted by molar-refractivity contribution is 0.0996. The lowest BCUT2D eigenvalue weighted by Crippen LogP contribution is -2.35. The van der Waals surface area contributed by atoms with E-state index in [-0.39, 0.29) is 17.4 Å². The normalized spacial score (nSPS) is 17.3. The fourth-order valence-electron chi connectivity index (χ4n) is 3.50. The van der Waals surface area contributed by atoms with Gasteiger partial charge in [0.25, 0.3) is 5.91 Å². The van der Waals surface area contributed by atoms with Gasteiger partial charge in [0.1, 0.15) is 12.4 Å². The second-order valence-electron chi connectivity index (χ2n) is 9.83. The third-order valence-electron chi connectivity index (χ3n) is 5.46. The average Bonchev–Trinajstić information content (AvgIpc) is 3.56. The van der Waals surface area contributed by atoms with Gasteiger partial charge in [0, 0.05) is 34.9 Å². The summed E-state index contributed by atoms with van der Waals surface area (Å²) in [5, 5.41) is 6.45. The van der Waals surface area contributed by atoms with Crippen molar-refractivity contribution in [2.24, 2.45) is 11.3 Å². The highest BCUT2D eigenvalue weighted by Gasteiger charge is 2.24. The molecule has 2 aromatic carbocycles. The molecule has 32 heavy (non-hydrogen) atoms. The standard InChI is InChI=1S/C27H32N2O3/c1-18-13-19(11-12-27(2,3)4)7-9-23(18)26(30)29-21-8-10-24-25(14-21)32-17-22(28-24)16-31-15-20-5-6-20/h7-10,13-14,20,22,28H,5-6,15-17H2,1-4H3,(H,29,30). The molecule has 5 nitrogen and oxygen atoms in total. The number of hydrogen-bond acceptors (Lipinski definition) is 4. The first-order valence-electron chi connectivity index (χ1n) is 11.3. The topological polar surface area (TPSA) is 59.6 Å². The monoisotopic (exact) mass is 432 g/mol. The zero-order chi connectivity index (χ0) is 22.7. The van der Waals surface area contributed by atoms with Crippen molar-refractivity contribution in [3.05, 3.63) is 53.1 Å². The van der Waals surface area contributed by atoms with Gasteiger partial charge in [0.05, 0.1) is 18.3 Å². The van der Waals surface area contributed by atoms with Gasteiger partial charge in [0.2, 0.25) is 0 Å².